The largest absolute Gasteiger partial charge is 0.489 e. The molecule has 0 aliphatic carbocycles. The Labute approximate surface area is 220 Å². The maximum atomic E-state index is 13.3. The topological polar surface area (TPSA) is 65.1 Å². The first-order valence-corrected chi connectivity index (χ1v) is 12.5. The summed E-state index contributed by atoms with van der Waals surface area (Å²) in [6, 6.07) is 22.5. The molecule has 0 radical (unpaired) electrons. The predicted molar refractivity (Wildman–Crippen MR) is 144 cm³/mol. The number of esters is 1. The molecule has 0 spiro atoms. The zero-order valence-corrected chi connectivity index (χ0v) is 22.6. The van der Waals surface area contributed by atoms with Crippen LogP contribution in [0.25, 0.3) is 0 Å². The van der Waals surface area contributed by atoms with Crippen molar-refractivity contribution in [1.29, 1.82) is 0 Å². The monoisotopic (exact) mass is 503 g/mol. The number of likely N-dealkylation sites (N-methyl/N-ethyl adjacent to an activating group) is 1. The van der Waals surface area contributed by atoms with Crippen LogP contribution in [0.3, 0.4) is 0 Å². The van der Waals surface area contributed by atoms with Crippen molar-refractivity contribution in [3.05, 3.63) is 101 Å². The van der Waals surface area contributed by atoms with Gasteiger partial charge < -0.3 is 14.2 Å². The van der Waals surface area contributed by atoms with Gasteiger partial charge >= 0.3 is 12.1 Å². The molecule has 0 N–H and O–H groups in total. The molecule has 6 heteroatoms. The third kappa shape index (κ3) is 8.38. The minimum absolute atomic E-state index is 0.128. The van der Waals surface area contributed by atoms with E-state index in [0.717, 1.165) is 33.6 Å². The van der Waals surface area contributed by atoms with Crippen LogP contribution in [0.1, 0.15) is 48.6 Å². The van der Waals surface area contributed by atoms with E-state index in [2.05, 4.69) is 0 Å². The normalized spacial score (nSPS) is 11.9. The van der Waals surface area contributed by atoms with Crippen molar-refractivity contribution in [2.24, 2.45) is 0 Å². The number of carbonyl (C=O) groups is 2. The SMILES string of the molecule is Cc1cc(OCc2ccccc2)cc(C)c1CC(C(=O)OCc1ccccc1)N(C)C(=O)OC(C)(C)C. The van der Waals surface area contributed by atoms with Crippen LogP contribution >= 0.6 is 0 Å². The average Bonchev–Trinajstić information content (AvgIpc) is 2.85. The minimum Gasteiger partial charge on any atom is -0.489 e. The van der Waals surface area contributed by atoms with Crippen LogP contribution in [0.5, 0.6) is 5.75 Å². The summed E-state index contributed by atoms with van der Waals surface area (Å²) in [6.07, 6.45) is -0.285. The fraction of sp³-hybridized carbons (Fsp3) is 0.355. The van der Waals surface area contributed by atoms with Crippen molar-refractivity contribution in [1.82, 2.24) is 4.90 Å². The number of nitrogens with zero attached hydrogens (tertiary/aromatic N) is 1. The highest BCUT2D eigenvalue weighted by Gasteiger charge is 2.32. The van der Waals surface area contributed by atoms with Gasteiger partial charge in [0.25, 0.3) is 0 Å². The van der Waals surface area contributed by atoms with E-state index in [4.69, 9.17) is 14.2 Å². The second kappa shape index (κ2) is 12.4. The molecule has 0 aliphatic rings. The minimum atomic E-state index is -0.855. The van der Waals surface area contributed by atoms with Crippen LogP contribution in [0.15, 0.2) is 72.8 Å². The Morgan fingerprint density at radius 2 is 1.35 bits per heavy atom. The molecule has 0 aromatic heterocycles. The third-order valence-corrected chi connectivity index (χ3v) is 5.96. The summed E-state index contributed by atoms with van der Waals surface area (Å²) >= 11 is 0. The number of hydrogen-bond donors (Lipinski definition) is 0. The van der Waals surface area contributed by atoms with Crippen LogP contribution < -0.4 is 4.74 Å². The first kappa shape index (κ1) is 27.8. The molecule has 1 atom stereocenters. The van der Waals surface area contributed by atoms with E-state index in [1.807, 2.05) is 86.6 Å². The number of rotatable bonds is 9. The van der Waals surface area contributed by atoms with E-state index in [1.54, 1.807) is 27.8 Å². The maximum absolute atomic E-state index is 13.3. The standard InChI is InChI=1S/C31H37NO5/c1-22-17-26(35-20-24-13-9-7-10-14-24)18-23(2)27(22)19-28(32(6)30(34)37-31(3,4)5)29(33)36-21-25-15-11-8-12-16-25/h7-18,28H,19-21H2,1-6H3. The highest BCUT2D eigenvalue weighted by Crippen LogP contribution is 2.26. The van der Waals surface area contributed by atoms with E-state index >= 15 is 0 Å². The molecule has 3 aromatic rings. The lowest BCUT2D eigenvalue weighted by Crippen LogP contribution is -2.46. The van der Waals surface area contributed by atoms with Crippen molar-refractivity contribution in [3.63, 3.8) is 0 Å². The van der Waals surface area contributed by atoms with Gasteiger partial charge in [0.1, 0.15) is 30.6 Å². The fourth-order valence-corrected chi connectivity index (χ4v) is 3.96. The lowest BCUT2D eigenvalue weighted by molar-refractivity contribution is -0.150. The number of carbonyl (C=O) groups excluding carboxylic acids is 2. The Morgan fingerprint density at radius 3 is 1.86 bits per heavy atom. The second-order valence-electron chi connectivity index (χ2n) is 10.2. The molecule has 196 valence electrons. The van der Waals surface area contributed by atoms with Crippen LogP contribution in [0.4, 0.5) is 4.79 Å². The van der Waals surface area contributed by atoms with Gasteiger partial charge in [-0.05, 0) is 74.6 Å². The van der Waals surface area contributed by atoms with Crippen molar-refractivity contribution in [2.75, 3.05) is 7.05 Å². The van der Waals surface area contributed by atoms with Gasteiger partial charge in [0, 0.05) is 13.5 Å². The summed E-state index contributed by atoms with van der Waals surface area (Å²) < 4.78 is 17.2. The molecule has 0 saturated heterocycles. The third-order valence-electron chi connectivity index (χ3n) is 5.96. The summed E-state index contributed by atoms with van der Waals surface area (Å²) in [5.74, 6) is 0.270. The van der Waals surface area contributed by atoms with Gasteiger partial charge in [-0.3, -0.25) is 4.90 Å². The smallest absolute Gasteiger partial charge is 0.410 e. The molecule has 0 aliphatic heterocycles. The Balaban J connectivity index is 1.80. The van der Waals surface area contributed by atoms with E-state index in [0.29, 0.717) is 13.0 Å². The summed E-state index contributed by atoms with van der Waals surface area (Å²) in [5.41, 5.74) is 4.18. The van der Waals surface area contributed by atoms with Gasteiger partial charge in [0.2, 0.25) is 0 Å². The van der Waals surface area contributed by atoms with E-state index < -0.39 is 23.7 Å². The Morgan fingerprint density at radius 1 is 0.838 bits per heavy atom. The van der Waals surface area contributed by atoms with E-state index in [-0.39, 0.29) is 6.61 Å². The molecule has 1 unspecified atom stereocenters. The number of ether oxygens (including phenoxy) is 3. The molecule has 37 heavy (non-hydrogen) atoms. The summed E-state index contributed by atoms with van der Waals surface area (Å²) in [6.45, 7) is 9.95. The molecule has 0 saturated carbocycles. The lowest BCUT2D eigenvalue weighted by atomic mass is 9.95. The van der Waals surface area contributed by atoms with Crippen LogP contribution in [0.2, 0.25) is 0 Å². The lowest BCUT2D eigenvalue weighted by Gasteiger charge is -2.30. The molecule has 3 aromatic carbocycles. The van der Waals surface area contributed by atoms with Gasteiger partial charge in [0.05, 0.1) is 0 Å². The van der Waals surface area contributed by atoms with Crippen LogP contribution in [-0.2, 0) is 33.9 Å². The molecule has 6 nitrogen and oxygen atoms in total. The molecule has 3 rings (SSSR count). The predicted octanol–water partition coefficient (Wildman–Crippen LogP) is 6.40. The summed E-state index contributed by atoms with van der Waals surface area (Å²) in [5, 5.41) is 0. The van der Waals surface area contributed by atoms with Crippen LogP contribution in [0, 0.1) is 13.8 Å². The average molecular weight is 504 g/mol. The molecular formula is C31H37NO5. The van der Waals surface area contributed by atoms with Crippen LogP contribution in [-0.4, -0.2) is 35.7 Å². The second-order valence-corrected chi connectivity index (χ2v) is 10.2. The number of aryl methyl sites for hydroxylation is 2. The maximum Gasteiger partial charge on any atom is 0.410 e. The molecule has 1 amide bonds. The summed E-state index contributed by atoms with van der Waals surface area (Å²) in [4.78, 5) is 27.5. The zero-order chi connectivity index (χ0) is 27.0. The van der Waals surface area contributed by atoms with Gasteiger partial charge in [0.15, 0.2) is 0 Å². The van der Waals surface area contributed by atoms with Crippen molar-refractivity contribution >= 4 is 12.1 Å². The first-order chi connectivity index (χ1) is 17.5. The number of benzene rings is 3. The molecular weight excluding hydrogens is 466 g/mol. The fourth-order valence-electron chi connectivity index (χ4n) is 3.96. The Kier molecular flexibility index (Phi) is 9.34. The van der Waals surface area contributed by atoms with Gasteiger partial charge in [-0.1, -0.05) is 60.7 Å². The zero-order valence-electron chi connectivity index (χ0n) is 22.6. The van der Waals surface area contributed by atoms with E-state index in [1.165, 1.54) is 4.90 Å². The van der Waals surface area contributed by atoms with Crippen molar-refractivity contribution in [3.8, 4) is 5.75 Å². The number of amides is 1. The Hall–Kier alpha value is -3.80. The molecule has 0 heterocycles. The van der Waals surface area contributed by atoms with Gasteiger partial charge in [-0.15, -0.1) is 0 Å². The number of hydrogen-bond acceptors (Lipinski definition) is 5. The highest BCUT2D eigenvalue weighted by molar-refractivity contribution is 5.82. The van der Waals surface area contributed by atoms with Crippen molar-refractivity contribution < 1.29 is 23.8 Å². The first-order valence-electron chi connectivity index (χ1n) is 12.5. The van der Waals surface area contributed by atoms with E-state index in [9.17, 15) is 9.59 Å². The van der Waals surface area contributed by atoms with Gasteiger partial charge in [-0.2, -0.15) is 0 Å². The summed E-state index contributed by atoms with van der Waals surface area (Å²) in [7, 11) is 1.57. The Bertz CT molecular complexity index is 1160. The van der Waals surface area contributed by atoms with Crippen molar-refractivity contribution in [2.45, 2.75) is 65.9 Å². The quantitative estimate of drug-likeness (QED) is 0.316. The molecule has 0 bridgehead atoms. The highest BCUT2D eigenvalue weighted by atomic mass is 16.6. The molecule has 0 fully saturated rings. The van der Waals surface area contributed by atoms with Gasteiger partial charge in [-0.25, -0.2) is 9.59 Å².